The van der Waals surface area contributed by atoms with Gasteiger partial charge in [-0.25, -0.2) is 0 Å². The number of nitrogens with one attached hydrogen (secondary N) is 2. The second kappa shape index (κ2) is 18.5. The van der Waals surface area contributed by atoms with E-state index >= 15 is 0 Å². The molecule has 13 heteroatoms. The fraction of sp³-hybridized carbons (Fsp3) is 0.732. The van der Waals surface area contributed by atoms with Crippen LogP contribution < -0.4 is 22.1 Å². The Morgan fingerprint density at radius 3 is 2.11 bits per heavy atom. The number of aliphatic imine (C=N–C) groups is 1. The number of imide groups is 1. The van der Waals surface area contributed by atoms with Crippen LogP contribution in [0.3, 0.4) is 0 Å². The molecule has 2 heterocycles. The maximum absolute atomic E-state index is 13.9. The van der Waals surface area contributed by atoms with Crippen LogP contribution in [0, 0.1) is 23.2 Å². The minimum absolute atomic E-state index is 0.00292. The lowest BCUT2D eigenvalue weighted by atomic mass is 9.43. The summed E-state index contributed by atoms with van der Waals surface area (Å²) in [5.74, 6) is 0.288. The van der Waals surface area contributed by atoms with Crippen LogP contribution in [0.5, 0.6) is 0 Å². The Morgan fingerprint density at radius 1 is 0.907 bits per heavy atom. The van der Waals surface area contributed by atoms with E-state index in [-0.39, 0.29) is 52.6 Å². The van der Waals surface area contributed by atoms with Crippen molar-refractivity contribution in [1.82, 2.24) is 15.5 Å². The van der Waals surface area contributed by atoms with Crippen molar-refractivity contribution in [2.24, 2.45) is 39.6 Å². The first-order valence-corrected chi connectivity index (χ1v) is 20.7. The van der Waals surface area contributed by atoms with E-state index in [0.717, 1.165) is 70.6 Å². The van der Waals surface area contributed by atoms with Crippen molar-refractivity contribution in [3.8, 4) is 0 Å². The fourth-order valence-electron chi connectivity index (χ4n) is 9.37. The van der Waals surface area contributed by atoms with Gasteiger partial charge in [-0.15, -0.1) is 0 Å². The molecule has 6 rings (SSSR count). The molecule has 298 valence electrons. The summed E-state index contributed by atoms with van der Waals surface area (Å²) in [5.41, 5.74) is 11.9. The summed E-state index contributed by atoms with van der Waals surface area (Å²) in [5, 5.41) is 6.24. The van der Waals surface area contributed by atoms with Crippen molar-refractivity contribution in [2.75, 3.05) is 13.1 Å². The van der Waals surface area contributed by atoms with E-state index in [1.165, 1.54) is 4.90 Å². The third kappa shape index (κ3) is 9.86. The molecule has 2 bridgehead atoms. The number of nitrogens with zero attached hydrogens (tertiary/aromatic N) is 2. The Morgan fingerprint density at radius 2 is 1.52 bits per heavy atom. The lowest BCUT2D eigenvalue weighted by Crippen LogP contribution is -2.65. The largest absolute Gasteiger partial charge is 0.481 e. The monoisotopic (exact) mass is 749 g/mol. The Hall–Kier alpha value is -3.45. The van der Waals surface area contributed by atoms with Crippen LogP contribution in [-0.4, -0.2) is 78.4 Å². The molecule has 54 heavy (non-hydrogen) atoms. The van der Waals surface area contributed by atoms with Crippen LogP contribution in [0.25, 0.3) is 0 Å². The van der Waals surface area contributed by atoms with Gasteiger partial charge in [0.15, 0.2) is 5.96 Å². The van der Waals surface area contributed by atoms with Crippen LogP contribution in [0.2, 0.25) is 0 Å². The molecule has 4 amide bonds. The van der Waals surface area contributed by atoms with Crippen molar-refractivity contribution in [1.29, 1.82) is 0 Å². The topological polar surface area (TPSA) is 178 Å². The zero-order chi connectivity index (χ0) is 39.0. The SMILES string of the molecule is CC(C)C[C@H](NC(=O)[C@H](CCCN=C(N)N)NC(=O)CCCCCCCCCCCN1C(=O)c2ccccc2C1=O)B1O[C@@H]2C[C@@H]3C[C@@H](C3(C)C)[C@]2(C)O1. The second-order valence-corrected chi connectivity index (χ2v) is 17.4. The number of benzene rings is 1. The average molecular weight is 749 g/mol. The lowest BCUT2D eigenvalue weighted by molar-refractivity contribution is -0.199. The Balaban J connectivity index is 1.00. The summed E-state index contributed by atoms with van der Waals surface area (Å²) < 4.78 is 13.3. The Kier molecular flexibility index (Phi) is 14.3. The maximum atomic E-state index is 13.9. The van der Waals surface area contributed by atoms with E-state index in [4.69, 9.17) is 20.8 Å². The van der Waals surface area contributed by atoms with E-state index in [1.54, 1.807) is 24.3 Å². The van der Waals surface area contributed by atoms with Crippen molar-refractivity contribution in [3.63, 3.8) is 0 Å². The maximum Gasteiger partial charge on any atom is 0.481 e. The Labute approximate surface area is 322 Å². The van der Waals surface area contributed by atoms with Gasteiger partial charge < -0.3 is 31.4 Å². The predicted octanol–water partition coefficient (Wildman–Crippen LogP) is 5.52. The lowest BCUT2D eigenvalue weighted by Gasteiger charge is -2.64. The van der Waals surface area contributed by atoms with E-state index in [1.807, 2.05) is 0 Å². The molecule has 6 N–H and O–H groups in total. The second-order valence-electron chi connectivity index (χ2n) is 17.4. The van der Waals surface area contributed by atoms with Crippen molar-refractivity contribution in [2.45, 2.75) is 155 Å². The summed E-state index contributed by atoms with van der Waals surface area (Å²) in [7, 11) is -0.538. The molecule has 2 aliphatic heterocycles. The molecule has 0 aromatic heterocycles. The molecule has 12 nitrogen and oxygen atoms in total. The highest BCUT2D eigenvalue weighted by molar-refractivity contribution is 6.48. The molecule has 6 atom stereocenters. The van der Waals surface area contributed by atoms with Gasteiger partial charge in [-0.3, -0.25) is 29.1 Å². The summed E-state index contributed by atoms with van der Waals surface area (Å²) in [6.07, 6.45) is 13.1. The number of guanidine groups is 1. The number of amides is 4. The van der Waals surface area contributed by atoms with Crippen molar-refractivity contribution in [3.05, 3.63) is 35.4 Å². The molecule has 0 unspecified atom stereocenters. The molecule has 0 radical (unpaired) electrons. The van der Waals surface area contributed by atoms with E-state index in [2.05, 4.69) is 50.2 Å². The minimum Gasteiger partial charge on any atom is -0.404 e. The smallest absolute Gasteiger partial charge is 0.404 e. The molecule has 0 spiro atoms. The van der Waals surface area contributed by atoms with Gasteiger partial charge in [0.25, 0.3) is 11.8 Å². The number of hydrogen-bond donors (Lipinski definition) is 4. The molecule has 1 aromatic carbocycles. The van der Waals surface area contributed by atoms with E-state index in [0.29, 0.717) is 67.7 Å². The number of carbonyl (C=O) groups is 4. The first-order chi connectivity index (χ1) is 25.7. The first-order valence-electron chi connectivity index (χ1n) is 20.7. The van der Waals surface area contributed by atoms with Gasteiger partial charge in [-0.1, -0.05) is 84.8 Å². The normalized spacial score (nSPS) is 24.8. The average Bonchev–Trinajstić information content (AvgIpc) is 3.60. The van der Waals surface area contributed by atoms with Gasteiger partial charge in [0, 0.05) is 19.5 Å². The molecule has 1 saturated heterocycles. The van der Waals surface area contributed by atoms with Gasteiger partial charge in [0.05, 0.1) is 28.8 Å². The Bertz CT molecular complexity index is 1480. The highest BCUT2D eigenvalue weighted by Gasteiger charge is 2.68. The number of unbranched alkanes of at least 4 members (excludes halogenated alkanes) is 8. The number of fused-ring (bicyclic) bond motifs is 1. The van der Waals surface area contributed by atoms with Gasteiger partial charge in [0.1, 0.15) is 6.04 Å². The van der Waals surface area contributed by atoms with E-state index < -0.39 is 13.2 Å². The van der Waals surface area contributed by atoms with Gasteiger partial charge in [-0.05, 0) is 87.2 Å². The third-order valence-corrected chi connectivity index (χ3v) is 12.6. The fourth-order valence-corrected chi connectivity index (χ4v) is 9.37. The summed E-state index contributed by atoms with van der Waals surface area (Å²) in [4.78, 5) is 57.5. The highest BCUT2D eigenvalue weighted by Crippen LogP contribution is 2.65. The minimum atomic E-state index is -0.718. The first kappa shape index (κ1) is 41.7. The van der Waals surface area contributed by atoms with Crippen LogP contribution >= 0.6 is 0 Å². The number of nitrogens with two attached hydrogens (primary N) is 2. The molecule has 5 aliphatic rings. The standard InChI is InChI=1S/C41H65BN6O6/c1-27(2)24-34(42-53-33-26-28-25-32(40(28,3)4)41(33,5)54-42)47-36(50)31(20-17-22-45-39(43)44)46-35(49)21-13-11-9-7-6-8-10-12-16-23-48-37(51)29-18-14-15-19-30(29)38(48)52/h14-15,18-19,27-28,31-34H,6-13,16-17,20-26H2,1-5H3,(H,46,49)(H,47,50)(H4,43,44,45)/t28-,31-,32-,33+,34-,41-/m0/s1. The molecule has 4 fully saturated rings. The molecule has 3 saturated carbocycles. The summed E-state index contributed by atoms with van der Waals surface area (Å²) in [6, 6.07) is 6.30. The highest BCUT2D eigenvalue weighted by atomic mass is 16.7. The van der Waals surface area contributed by atoms with Crippen molar-refractivity contribution < 1.29 is 28.5 Å². The van der Waals surface area contributed by atoms with Crippen molar-refractivity contribution >= 4 is 36.7 Å². The number of hydrogen-bond acceptors (Lipinski definition) is 7. The predicted molar refractivity (Wildman–Crippen MR) is 211 cm³/mol. The van der Waals surface area contributed by atoms with Crippen LogP contribution in [0.15, 0.2) is 29.3 Å². The van der Waals surface area contributed by atoms with Crippen LogP contribution in [-0.2, 0) is 18.9 Å². The molecular formula is C41H65BN6O6. The van der Waals surface area contributed by atoms with Gasteiger partial charge in [0.2, 0.25) is 11.8 Å². The molecular weight excluding hydrogens is 683 g/mol. The number of rotatable bonds is 22. The molecule has 3 aliphatic carbocycles. The molecule has 1 aromatic rings. The summed E-state index contributed by atoms with van der Waals surface area (Å²) >= 11 is 0. The van der Waals surface area contributed by atoms with Crippen LogP contribution in [0.1, 0.15) is 152 Å². The van der Waals surface area contributed by atoms with E-state index in [9.17, 15) is 19.2 Å². The quantitative estimate of drug-likeness (QED) is 0.0394. The third-order valence-electron chi connectivity index (χ3n) is 12.6. The summed E-state index contributed by atoms with van der Waals surface area (Å²) in [6.45, 7) is 12.0. The zero-order valence-corrected chi connectivity index (χ0v) is 33.4. The van der Waals surface area contributed by atoms with Gasteiger partial charge >= 0.3 is 7.12 Å². The zero-order valence-electron chi connectivity index (χ0n) is 33.4. The number of carbonyl (C=O) groups excluding carboxylic acids is 4. The van der Waals surface area contributed by atoms with Crippen LogP contribution in [0.4, 0.5) is 0 Å². The van der Waals surface area contributed by atoms with Gasteiger partial charge in [-0.2, -0.15) is 0 Å².